The fraction of sp³-hybridized carbons (Fsp3) is 0.267. The van der Waals surface area contributed by atoms with Gasteiger partial charge in [-0.25, -0.2) is 0 Å². The molecule has 0 aliphatic rings. The molecule has 0 saturated heterocycles. The van der Waals surface area contributed by atoms with Crippen molar-refractivity contribution in [1.29, 1.82) is 5.26 Å². The third kappa shape index (κ3) is 5.96. The number of amides is 1. The number of nitrogens with one attached hydrogen (secondary N) is 2. The molecule has 22 heavy (non-hydrogen) atoms. The van der Waals surface area contributed by atoms with E-state index in [2.05, 4.69) is 10.6 Å². The number of benzene rings is 1. The molecule has 0 saturated carbocycles. The molecule has 0 atom stereocenters. The highest BCUT2D eigenvalue weighted by atomic mass is 16.5. The Labute approximate surface area is 128 Å². The monoisotopic (exact) mass is 303 g/mol. The van der Waals surface area contributed by atoms with E-state index in [9.17, 15) is 9.59 Å². The second-order valence-electron chi connectivity index (χ2n) is 4.30. The number of rotatable bonds is 8. The van der Waals surface area contributed by atoms with Crippen LogP contribution in [0, 0.1) is 11.3 Å². The zero-order valence-electron chi connectivity index (χ0n) is 12.1. The predicted molar refractivity (Wildman–Crippen MR) is 79.0 cm³/mol. The lowest BCUT2D eigenvalue weighted by Gasteiger charge is -2.05. The van der Waals surface area contributed by atoms with Crippen molar-refractivity contribution in [3.8, 4) is 11.8 Å². The van der Waals surface area contributed by atoms with Gasteiger partial charge in [0.05, 0.1) is 7.11 Å². The van der Waals surface area contributed by atoms with Crippen molar-refractivity contribution in [2.45, 2.75) is 6.42 Å². The highest BCUT2D eigenvalue weighted by Gasteiger charge is 2.09. The van der Waals surface area contributed by atoms with Gasteiger partial charge >= 0.3 is 5.97 Å². The molecule has 116 valence electrons. The summed E-state index contributed by atoms with van der Waals surface area (Å²) in [6.45, 7) is 0.00736. The maximum atomic E-state index is 11.5. The van der Waals surface area contributed by atoms with E-state index in [0.29, 0.717) is 13.0 Å². The number of carbonyl (C=O) groups is 2. The van der Waals surface area contributed by atoms with Crippen LogP contribution in [0.25, 0.3) is 0 Å². The van der Waals surface area contributed by atoms with Crippen molar-refractivity contribution in [1.82, 2.24) is 10.6 Å². The van der Waals surface area contributed by atoms with Crippen LogP contribution in [0.5, 0.6) is 5.75 Å². The standard InChI is InChI=1S/C15H17N3O4/c1-22-13-4-2-11(3-5-13)6-7-17-9-12(8-16)15(21)18-10-14(19)20/h2-5,9,17H,6-7,10H2,1H3,(H,18,21)(H,19,20)/b12-9-. The Hall–Kier alpha value is -3.01. The first kappa shape index (κ1) is 17.0. The van der Waals surface area contributed by atoms with Crippen molar-refractivity contribution < 1.29 is 19.4 Å². The van der Waals surface area contributed by atoms with Gasteiger partial charge in [-0.1, -0.05) is 12.1 Å². The molecule has 7 heteroatoms. The number of methoxy groups -OCH3 is 1. The number of nitriles is 1. The van der Waals surface area contributed by atoms with E-state index in [0.717, 1.165) is 11.3 Å². The van der Waals surface area contributed by atoms with Crippen LogP contribution >= 0.6 is 0 Å². The number of carbonyl (C=O) groups excluding carboxylic acids is 1. The number of aliphatic carboxylic acids is 1. The summed E-state index contributed by atoms with van der Waals surface area (Å²) in [7, 11) is 1.60. The number of hydrogen-bond donors (Lipinski definition) is 3. The van der Waals surface area contributed by atoms with E-state index < -0.39 is 18.4 Å². The molecular weight excluding hydrogens is 286 g/mol. The van der Waals surface area contributed by atoms with E-state index in [-0.39, 0.29) is 5.57 Å². The Morgan fingerprint density at radius 3 is 2.59 bits per heavy atom. The van der Waals surface area contributed by atoms with E-state index >= 15 is 0 Å². The molecule has 1 aromatic carbocycles. The first-order valence-corrected chi connectivity index (χ1v) is 6.53. The first-order chi connectivity index (χ1) is 10.6. The van der Waals surface area contributed by atoms with Gasteiger partial charge in [0.1, 0.15) is 23.9 Å². The minimum absolute atomic E-state index is 0.170. The summed E-state index contributed by atoms with van der Waals surface area (Å²) in [5, 5.41) is 22.3. The summed E-state index contributed by atoms with van der Waals surface area (Å²) < 4.78 is 5.06. The molecule has 0 radical (unpaired) electrons. The van der Waals surface area contributed by atoms with Crippen LogP contribution in [-0.2, 0) is 16.0 Å². The van der Waals surface area contributed by atoms with Gasteiger partial charge in [0.15, 0.2) is 0 Å². The maximum Gasteiger partial charge on any atom is 0.322 e. The third-order valence-corrected chi connectivity index (χ3v) is 2.73. The Kier molecular flexibility index (Phi) is 6.99. The Bertz CT molecular complexity index is 588. The van der Waals surface area contributed by atoms with Gasteiger partial charge in [-0.05, 0) is 24.1 Å². The molecule has 3 N–H and O–H groups in total. The molecule has 0 aromatic heterocycles. The SMILES string of the molecule is COc1ccc(CCN/C=C(/C#N)C(=O)NCC(=O)O)cc1. The van der Waals surface area contributed by atoms with Crippen LogP contribution in [0.15, 0.2) is 36.0 Å². The van der Waals surface area contributed by atoms with Crippen LogP contribution in [-0.4, -0.2) is 37.2 Å². The fourth-order valence-electron chi connectivity index (χ4n) is 1.58. The summed E-state index contributed by atoms with van der Waals surface area (Å²) in [6, 6.07) is 9.27. The molecule has 0 aliphatic heterocycles. The second-order valence-corrected chi connectivity index (χ2v) is 4.30. The van der Waals surface area contributed by atoms with Gasteiger partial charge in [-0.3, -0.25) is 9.59 Å². The van der Waals surface area contributed by atoms with Crippen molar-refractivity contribution >= 4 is 11.9 Å². The second kappa shape index (κ2) is 9.02. The minimum atomic E-state index is -1.17. The number of nitrogens with zero attached hydrogens (tertiary/aromatic N) is 1. The molecule has 0 spiro atoms. The van der Waals surface area contributed by atoms with Gasteiger partial charge < -0.3 is 20.5 Å². The fourth-order valence-corrected chi connectivity index (χ4v) is 1.58. The summed E-state index contributed by atoms with van der Waals surface area (Å²) in [6.07, 6.45) is 1.98. The lowest BCUT2D eigenvalue weighted by Crippen LogP contribution is -2.30. The topological polar surface area (TPSA) is 111 Å². The number of carboxylic acids is 1. The smallest absolute Gasteiger partial charge is 0.322 e. The van der Waals surface area contributed by atoms with Crippen molar-refractivity contribution in [2.24, 2.45) is 0 Å². The van der Waals surface area contributed by atoms with Gasteiger partial charge in [0.2, 0.25) is 0 Å². The van der Waals surface area contributed by atoms with Crippen LogP contribution in [0.3, 0.4) is 0 Å². The molecule has 0 bridgehead atoms. The summed E-state index contributed by atoms with van der Waals surface area (Å²) >= 11 is 0. The van der Waals surface area contributed by atoms with E-state index in [1.165, 1.54) is 6.20 Å². The molecule has 7 nitrogen and oxygen atoms in total. The van der Waals surface area contributed by atoms with Crippen LogP contribution in [0.2, 0.25) is 0 Å². The number of hydrogen-bond acceptors (Lipinski definition) is 5. The highest BCUT2D eigenvalue weighted by Crippen LogP contribution is 2.11. The maximum absolute atomic E-state index is 11.5. The van der Waals surface area contributed by atoms with Crippen LogP contribution in [0.4, 0.5) is 0 Å². The summed E-state index contributed by atoms with van der Waals surface area (Å²) in [4.78, 5) is 21.8. The van der Waals surface area contributed by atoms with Crippen LogP contribution < -0.4 is 15.4 Å². The molecule has 1 rings (SSSR count). The van der Waals surface area contributed by atoms with Gasteiger partial charge in [0.25, 0.3) is 5.91 Å². The van der Waals surface area contributed by atoms with Gasteiger partial charge in [-0.15, -0.1) is 0 Å². The zero-order valence-corrected chi connectivity index (χ0v) is 12.1. The average Bonchev–Trinajstić information content (AvgIpc) is 2.53. The van der Waals surface area contributed by atoms with Gasteiger partial charge in [-0.2, -0.15) is 5.26 Å². The summed E-state index contributed by atoms with van der Waals surface area (Å²) in [5.41, 5.74) is 0.909. The molecule has 0 heterocycles. The Morgan fingerprint density at radius 2 is 2.05 bits per heavy atom. The predicted octanol–water partition coefficient (Wildman–Crippen LogP) is 0.436. The van der Waals surface area contributed by atoms with Crippen molar-refractivity contribution in [2.75, 3.05) is 20.2 Å². The summed E-state index contributed by atoms with van der Waals surface area (Å²) in [5.74, 6) is -1.11. The Morgan fingerprint density at radius 1 is 1.36 bits per heavy atom. The Balaban J connectivity index is 2.43. The third-order valence-electron chi connectivity index (χ3n) is 2.73. The zero-order chi connectivity index (χ0) is 16.4. The van der Waals surface area contributed by atoms with E-state index in [4.69, 9.17) is 15.1 Å². The van der Waals surface area contributed by atoms with Crippen molar-refractivity contribution in [3.63, 3.8) is 0 Å². The largest absolute Gasteiger partial charge is 0.497 e. The lowest BCUT2D eigenvalue weighted by atomic mass is 10.1. The number of carboxylic acid groups (broad SMARTS) is 1. The number of ether oxygens (including phenoxy) is 1. The first-order valence-electron chi connectivity index (χ1n) is 6.53. The van der Waals surface area contributed by atoms with Gasteiger partial charge in [0, 0.05) is 12.7 Å². The lowest BCUT2D eigenvalue weighted by molar-refractivity contribution is -0.137. The molecular formula is C15H17N3O4. The molecule has 1 amide bonds. The van der Waals surface area contributed by atoms with Crippen molar-refractivity contribution in [3.05, 3.63) is 41.6 Å². The highest BCUT2D eigenvalue weighted by molar-refractivity contribution is 5.98. The minimum Gasteiger partial charge on any atom is -0.497 e. The molecule has 0 fully saturated rings. The molecule has 1 aromatic rings. The van der Waals surface area contributed by atoms with E-state index in [1.54, 1.807) is 13.2 Å². The average molecular weight is 303 g/mol. The quantitative estimate of drug-likeness (QED) is 0.365. The van der Waals surface area contributed by atoms with Crippen LogP contribution in [0.1, 0.15) is 5.56 Å². The normalized spacial score (nSPS) is 10.5. The molecule has 0 aliphatic carbocycles. The van der Waals surface area contributed by atoms with E-state index in [1.807, 2.05) is 24.3 Å². The molecule has 0 unspecified atom stereocenters.